The van der Waals surface area contributed by atoms with Gasteiger partial charge in [0.15, 0.2) is 5.03 Å². The Bertz CT molecular complexity index is 491. The number of sulfonamides is 1. The van der Waals surface area contributed by atoms with Gasteiger partial charge in [0.1, 0.15) is 0 Å². The van der Waals surface area contributed by atoms with Crippen LogP contribution in [0.2, 0.25) is 0 Å². The van der Waals surface area contributed by atoms with Crippen LogP contribution in [0.15, 0.2) is 17.6 Å². The molecule has 1 aromatic heterocycles. The Kier molecular flexibility index (Phi) is 4.97. The van der Waals surface area contributed by atoms with Crippen molar-refractivity contribution in [1.82, 2.24) is 14.3 Å². The maximum Gasteiger partial charge on any atom is 0.259 e. The number of rotatable bonds is 5. The van der Waals surface area contributed by atoms with Crippen LogP contribution in [0.5, 0.6) is 0 Å². The van der Waals surface area contributed by atoms with Crippen molar-refractivity contribution < 1.29 is 8.42 Å². The van der Waals surface area contributed by atoms with Crippen LogP contribution in [0.1, 0.15) is 27.2 Å². The second-order valence-corrected chi connectivity index (χ2v) is 7.85. The molecule has 1 heterocycles. The van der Waals surface area contributed by atoms with E-state index in [4.69, 9.17) is 0 Å². The zero-order valence-corrected chi connectivity index (χ0v) is 13.5. The Hall–Kier alpha value is -0.400. The van der Waals surface area contributed by atoms with E-state index in [1.807, 2.05) is 20.8 Å². The second-order valence-electron chi connectivity index (χ2n) is 5.39. The number of halogens is 1. The third-order valence-corrected chi connectivity index (χ3v) is 4.51. The molecule has 18 heavy (non-hydrogen) atoms. The van der Waals surface area contributed by atoms with Gasteiger partial charge in [0.05, 0.1) is 6.33 Å². The Morgan fingerprint density at radius 2 is 2.11 bits per heavy atom. The number of hydrogen-bond acceptors (Lipinski definition) is 3. The minimum Gasteiger partial charge on any atom is -0.339 e. The number of aryl methyl sites for hydroxylation is 1. The number of alkyl halides is 1. The van der Waals surface area contributed by atoms with Gasteiger partial charge in [0.25, 0.3) is 10.0 Å². The van der Waals surface area contributed by atoms with Crippen LogP contribution < -0.4 is 4.72 Å². The van der Waals surface area contributed by atoms with E-state index >= 15 is 0 Å². The normalized spacial score (nSPS) is 14.7. The molecule has 0 aliphatic heterocycles. The summed E-state index contributed by atoms with van der Waals surface area (Å²) >= 11 is 3.36. The van der Waals surface area contributed by atoms with Crippen molar-refractivity contribution in [1.29, 1.82) is 0 Å². The molecule has 0 bridgehead atoms. The predicted octanol–water partition coefficient (Wildman–Crippen LogP) is 1.90. The topological polar surface area (TPSA) is 64.0 Å². The summed E-state index contributed by atoms with van der Waals surface area (Å²) in [6.07, 6.45) is 3.71. The van der Waals surface area contributed by atoms with Crippen molar-refractivity contribution in [2.24, 2.45) is 12.5 Å². The Morgan fingerprint density at radius 1 is 1.50 bits per heavy atom. The van der Waals surface area contributed by atoms with E-state index in [2.05, 4.69) is 25.6 Å². The summed E-state index contributed by atoms with van der Waals surface area (Å²) in [5.74, 6) is 0. The van der Waals surface area contributed by atoms with Gasteiger partial charge in [-0.05, 0) is 11.8 Å². The first-order valence-corrected chi connectivity index (χ1v) is 8.33. The molecule has 104 valence electrons. The van der Waals surface area contributed by atoms with Crippen LogP contribution in [0.3, 0.4) is 0 Å². The first kappa shape index (κ1) is 15.7. The zero-order chi connectivity index (χ0) is 14.0. The van der Waals surface area contributed by atoms with Crippen molar-refractivity contribution in [2.75, 3.05) is 5.33 Å². The van der Waals surface area contributed by atoms with Gasteiger partial charge < -0.3 is 4.57 Å². The van der Waals surface area contributed by atoms with Crippen molar-refractivity contribution in [3.05, 3.63) is 12.5 Å². The van der Waals surface area contributed by atoms with Gasteiger partial charge in [-0.1, -0.05) is 36.7 Å². The van der Waals surface area contributed by atoms with Crippen molar-refractivity contribution >= 4 is 26.0 Å². The fourth-order valence-corrected chi connectivity index (χ4v) is 3.47. The average Bonchev–Trinajstić information content (AvgIpc) is 2.63. The minimum absolute atomic E-state index is 0.0637. The van der Waals surface area contributed by atoms with Crippen molar-refractivity contribution in [2.45, 2.75) is 38.3 Å². The van der Waals surface area contributed by atoms with Crippen LogP contribution in [0.25, 0.3) is 0 Å². The van der Waals surface area contributed by atoms with E-state index in [0.717, 1.165) is 11.8 Å². The largest absolute Gasteiger partial charge is 0.339 e. The van der Waals surface area contributed by atoms with Crippen LogP contribution >= 0.6 is 15.9 Å². The maximum absolute atomic E-state index is 12.2. The highest BCUT2D eigenvalue weighted by atomic mass is 79.9. The van der Waals surface area contributed by atoms with E-state index in [9.17, 15) is 8.42 Å². The molecular formula is C11H20BrN3O2S. The highest BCUT2D eigenvalue weighted by Gasteiger charge is 2.29. The monoisotopic (exact) mass is 337 g/mol. The standard InChI is InChI=1S/C11H20BrN3O2S/c1-11(2,3)9(5-6-12)14-18(16,17)10-7-15(4)8-13-10/h7-9,14H,5-6H2,1-4H3. The molecule has 1 aromatic rings. The van der Waals surface area contributed by atoms with Crippen LogP contribution in [-0.2, 0) is 17.1 Å². The van der Waals surface area contributed by atoms with E-state index < -0.39 is 10.0 Å². The van der Waals surface area contributed by atoms with Gasteiger partial charge in [-0.3, -0.25) is 0 Å². The number of hydrogen-bond donors (Lipinski definition) is 1. The molecule has 0 saturated heterocycles. The molecule has 0 aromatic carbocycles. The fraction of sp³-hybridized carbons (Fsp3) is 0.727. The molecule has 5 nitrogen and oxygen atoms in total. The SMILES string of the molecule is Cn1cnc(S(=O)(=O)NC(CCBr)C(C)(C)C)c1. The molecule has 0 aliphatic carbocycles. The third kappa shape index (κ3) is 4.07. The van der Waals surface area contributed by atoms with Gasteiger partial charge >= 0.3 is 0 Å². The van der Waals surface area contributed by atoms with Crippen molar-refractivity contribution in [3.63, 3.8) is 0 Å². The second kappa shape index (κ2) is 5.71. The van der Waals surface area contributed by atoms with Gasteiger partial charge in [-0.15, -0.1) is 0 Å². The van der Waals surface area contributed by atoms with Crippen LogP contribution in [-0.4, -0.2) is 29.3 Å². The highest BCUT2D eigenvalue weighted by Crippen LogP contribution is 2.24. The zero-order valence-electron chi connectivity index (χ0n) is 11.1. The van der Waals surface area contributed by atoms with E-state index in [0.29, 0.717) is 0 Å². The molecule has 1 N–H and O–H groups in total. The first-order valence-electron chi connectivity index (χ1n) is 5.73. The predicted molar refractivity (Wildman–Crippen MR) is 75.2 cm³/mol. The quantitative estimate of drug-likeness (QED) is 0.834. The summed E-state index contributed by atoms with van der Waals surface area (Å²) < 4.78 is 28.7. The summed E-state index contributed by atoms with van der Waals surface area (Å²) in [6.45, 7) is 6.05. The average molecular weight is 338 g/mol. The van der Waals surface area contributed by atoms with E-state index in [-0.39, 0.29) is 16.5 Å². The molecule has 1 rings (SSSR count). The van der Waals surface area contributed by atoms with Crippen LogP contribution in [0, 0.1) is 5.41 Å². The molecule has 7 heteroatoms. The molecule has 0 aliphatic rings. The molecule has 0 radical (unpaired) electrons. The molecule has 1 unspecified atom stereocenters. The number of aromatic nitrogens is 2. The molecule has 0 spiro atoms. The van der Waals surface area contributed by atoms with Crippen LogP contribution in [0.4, 0.5) is 0 Å². The first-order chi connectivity index (χ1) is 8.16. The number of nitrogens with one attached hydrogen (secondary N) is 1. The fourth-order valence-electron chi connectivity index (χ4n) is 1.55. The van der Waals surface area contributed by atoms with Gasteiger partial charge in [0.2, 0.25) is 0 Å². The lowest BCUT2D eigenvalue weighted by Crippen LogP contribution is -2.44. The maximum atomic E-state index is 12.2. The Balaban J connectivity index is 2.93. The number of nitrogens with zero attached hydrogens (tertiary/aromatic N) is 2. The van der Waals surface area contributed by atoms with Crippen molar-refractivity contribution in [3.8, 4) is 0 Å². The van der Waals surface area contributed by atoms with Gasteiger partial charge in [-0.2, -0.15) is 0 Å². The number of imidazole rings is 1. The Morgan fingerprint density at radius 3 is 2.50 bits per heavy atom. The smallest absolute Gasteiger partial charge is 0.259 e. The molecule has 0 saturated carbocycles. The summed E-state index contributed by atoms with van der Waals surface area (Å²) in [4.78, 5) is 3.88. The van der Waals surface area contributed by atoms with E-state index in [1.54, 1.807) is 11.6 Å². The summed E-state index contributed by atoms with van der Waals surface area (Å²) in [5.41, 5.74) is -0.143. The summed E-state index contributed by atoms with van der Waals surface area (Å²) in [7, 11) is -1.80. The minimum atomic E-state index is -3.55. The highest BCUT2D eigenvalue weighted by molar-refractivity contribution is 9.09. The van der Waals surface area contributed by atoms with Gasteiger partial charge in [-0.25, -0.2) is 18.1 Å². The lowest BCUT2D eigenvalue weighted by Gasteiger charge is -2.30. The third-order valence-electron chi connectivity index (χ3n) is 2.70. The lowest BCUT2D eigenvalue weighted by molar-refractivity contribution is 0.293. The summed E-state index contributed by atoms with van der Waals surface area (Å²) in [5, 5.41) is 0.813. The molecule has 0 amide bonds. The summed E-state index contributed by atoms with van der Waals surface area (Å²) in [6, 6.07) is -0.135. The van der Waals surface area contributed by atoms with Gasteiger partial charge in [0, 0.05) is 24.6 Å². The lowest BCUT2D eigenvalue weighted by atomic mass is 9.86. The van der Waals surface area contributed by atoms with E-state index in [1.165, 1.54) is 12.5 Å². The molecular weight excluding hydrogens is 318 g/mol. The Labute approximate surface area is 117 Å². The molecule has 0 fully saturated rings. The molecule has 1 atom stereocenters.